The van der Waals surface area contributed by atoms with E-state index in [4.69, 9.17) is 0 Å². The molecule has 1 aliphatic rings. The van der Waals surface area contributed by atoms with Gasteiger partial charge >= 0.3 is 0 Å². The van der Waals surface area contributed by atoms with Gasteiger partial charge in [0.15, 0.2) is 0 Å². The van der Waals surface area contributed by atoms with Gasteiger partial charge in [-0.2, -0.15) is 0 Å². The van der Waals surface area contributed by atoms with Crippen LogP contribution in [-0.2, 0) is 28.8 Å². The minimum absolute atomic E-state index is 0.00540. The first-order valence-corrected chi connectivity index (χ1v) is 14.0. The third-order valence-electron chi connectivity index (χ3n) is 7.21. The highest BCUT2D eigenvalue weighted by Gasteiger charge is 2.27. The maximum Gasteiger partial charge on any atom is 0.0586 e. The Labute approximate surface area is 243 Å². The molecule has 16 heteroatoms. The molecule has 16 nitrogen and oxygen atoms in total. The van der Waals surface area contributed by atoms with Crippen LogP contribution in [0.1, 0.15) is 57.8 Å². The van der Waals surface area contributed by atoms with Gasteiger partial charge in [0.1, 0.15) is 0 Å². The summed E-state index contributed by atoms with van der Waals surface area (Å²) in [5, 5.41) is 71.7. The number of nitrogens with one attached hydrogen (secondary N) is 1. The predicted octanol–water partition coefficient (Wildman–Crippen LogP) is -8.39. The van der Waals surface area contributed by atoms with Crippen molar-refractivity contribution in [3.63, 3.8) is 0 Å². The summed E-state index contributed by atoms with van der Waals surface area (Å²) in [6.07, 6.45) is -1.39. The summed E-state index contributed by atoms with van der Waals surface area (Å²) in [6, 6.07) is -3.66. The molecule has 42 heavy (non-hydrogen) atoms. The fraction of sp³-hybridized carbons (Fsp3) is 0.769. The van der Waals surface area contributed by atoms with Crippen LogP contribution in [0, 0.1) is 0 Å². The molecule has 0 aromatic carbocycles. The van der Waals surface area contributed by atoms with E-state index in [0.29, 0.717) is 0 Å². The summed E-state index contributed by atoms with van der Waals surface area (Å²) in [5.74, 6) is -8.40. The van der Waals surface area contributed by atoms with Crippen LogP contribution in [0.25, 0.3) is 0 Å². The van der Waals surface area contributed by atoms with Gasteiger partial charge in [0.05, 0.1) is 17.9 Å². The second-order valence-corrected chi connectivity index (χ2v) is 10.2. The van der Waals surface area contributed by atoms with Gasteiger partial charge in [0, 0.05) is 88.4 Å². The number of nitrogens with zero attached hydrogens (tertiary/aromatic N) is 3. The maximum atomic E-state index is 12.1. The van der Waals surface area contributed by atoms with E-state index in [9.17, 15) is 59.4 Å². The van der Waals surface area contributed by atoms with E-state index >= 15 is 0 Å². The number of carboxylic acids is 6. The van der Waals surface area contributed by atoms with Crippen LogP contribution in [0.5, 0.6) is 0 Å². The molecule has 1 rings (SSSR count). The van der Waals surface area contributed by atoms with Gasteiger partial charge in [-0.3, -0.25) is 14.7 Å². The molecule has 0 aromatic heterocycles. The summed E-state index contributed by atoms with van der Waals surface area (Å²) >= 11 is 0. The van der Waals surface area contributed by atoms with Crippen molar-refractivity contribution in [1.82, 2.24) is 20.0 Å². The summed E-state index contributed by atoms with van der Waals surface area (Å²) in [7, 11) is 0. The molecule has 1 heterocycles. The van der Waals surface area contributed by atoms with Crippen LogP contribution in [0.2, 0.25) is 0 Å². The van der Waals surface area contributed by atoms with Gasteiger partial charge in [-0.15, -0.1) is 0 Å². The second kappa shape index (κ2) is 19.7. The minimum atomic E-state index is -1.50. The summed E-state index contributed by atoms with van der Waals surface area (Å²) in [5.41, 5.74) is 0. The van der Waals surface area contributed by atoms with Crippen molar-refractivity contribution < 1.29 is 59.4 Å². The van der Waals surface area contributed by atoms with Crippen molar-refractivity contribution in [3.8, 4) is 0 Å². The Bertz CT molecular complexity index is 866. The van der Waals surface area contributed by atoms with E-state index < -0.39 is 60.4 Å². The zero-order valence-electron chi connectivity index (χ0n) is 23.5. The average Bonchev–Trinajstić information content (AvgIpc) is 2.87. The van der Waals surface area contributed by atoms with Crippen LogP contribution in [-0.4, -0.2) is 121 Å². The Morgan fingerprint density at radius 1 is 0.476 bits per heavy atom. The molecule has 1 aliphatic heterocycles. The van der Waals surface area contributed by atoms with Crippen LogP contribution in [0.3, 0.4) is 0 Å². The summed E-state index contributed by atoms with van der Waals surface area (Å²) in [4.78, 5) is 73.1. The van der Waals surface area contributed by atoms with E-state index in [1.807, 2.05) is 0 Å². The normalized spacial score (nSPS) is 18.6. The zero-order chi connectivity index (χ0) is 31.7. The lowest BCUT2D eigenvalue weighted by atomic mass is 10.1. The SMILES string of the molecule is O=C([O-])CCC[C@H](C(=O)[O-])N1CCNCCN([C@H](CCCC(=O)[O-])C(=O)[O-])CCN([C@H](CCCC(=O)[O-])C(=O)[O-])CC1. The predicted molar refractivity (Wildman–Crippen MR) is 131 cm³/mol. The van der Waals surface area contributed by atoms with Crippen molar-refractivity contribution in [2.45, 2.75) is 75.9 Å². The van der Waals surface area contributed by atoms with Gasteiger partial charge in [-0.1, -0.05) is 0 Å². The average molecular weight is 599 g/mol. The Morgan fingerprint density at radius 2 is 0.738 bits per heavy atom. The largest absolute Gasteiger partial charge is 0.550 e. The number of carbonyl (C=O) groups is 6. The molecule has 3 atom stereocenters. The molecule has 0 saturated carbocycles. The van der Waals surface area contributed by atoms with Crippen molar-refractivity contribution in [1.29, 1.82) is 0 Å². The molecular formula is C26H38N4O12-6. The monoisotopic (exact) mass is 598 g/mol. The third-order valence-corrected chi connectivity index (χ3v) is 7.21. The molecule has 1 saturated heterocycles. The molecule has 240 valence electrons. The molecule has 0 aromatic rings. The maximum absolute atomic E-state index is 12.1. The molecule has 1 fully saturated rings. The van der Waals surface area contributed by atoms with Crippen LogP contribution < -0.4 is 36.0 Å². The molecule has 1 N–H and O–H groups in total. The van der Waals surface area contributed by atoms with Crippen LogP contribution >= 0.6 is 0 Å². The van der Waals surface area contributed by atoms with Crippen LogP contribution in [0.4, 0.5) is 0 Å². The van der Waals surface area contributed by atoms with Gasteiger partial charge in [-0.05, 0) is 57.8 Å². The lowest BCUT2D eigenvalue weighted by molar-refractivity contribution is -0.315. The van der Waals surface area contributed by atoms with E-state index in [1.54, 1.807) is 0 Å². The number of carboxylic acid groups (broad SMARTS) is 6. The Kier molecular flexibility index (Phi) is 17.2. The Hall–Kier alpha value is -3.34. The Morgan fingerprint density at radius 3 is 0.976 bits per heavy atom. The zero-order valence-corrected chi connectivity index (χ0v) is 23.5. The molecule has 0 radical (unpaired) electrons. The van der Waals surface area contributed by atoms with Crippen molar-refractivity contribution in [2.75, 3.05) is 52.4 Å². The smallest absolute Gasteiger partial charge is 0.0586 e. The summed E-state index contributed by atoms with van der Waals surface area (Å²) in [6.45, 7) is 0.715. The standard InChI is InChI=1S/C26H44N4O12/c31-21(32)7-1-4-18(24(37)38)28-12-10-27-11-13-29(19(25(39)40)5-2-8-22(33)34)15-17-30(16-14-28)20(26(41)42)6-3-9-23(35)36/h18-20,27H,1-17H2,(H,31,32)(H,33,34)(H,35,36)(H,37,38)(H,39,40)(H,41,42)/p-6/t18-,19-,20-/m1/s1. The van der Waals surface area contributed by atoms with E-state index in [-0.39, 0.29) is 104 Å². The molecule has 0 aliphatic carbocycles. The topological polar surface area (TPSA) is 263 Å². The quantitative estimate of drug-likeness (QED) is 0.153. The van der Waals surface area contributed by atoms with Crippen molar-refractivity contribution >= 4 is 35.8 Å². The molecule has 0 unspecified atom stereocenters. The van der Waals surface area contributed by atoms with Crippen molar-refractivity contribution in [2.24, 2.45) is 0 Å². The molecular weight excluding hydrogens is 560 g/mol. The fourth-order valence-corrected chi connectivity index (χ4v) is 5.02. The lowest BCUT2D eigenvalue weighted by Gasteiger charge is -2.40. The highest BCUT2D eigenvalue weighted by molar-refractivity contribution is 5.72. The molecule has 0 amide bonds. The van der Waals surface area contributed by atoms with E-state index in [2.05, 4.69) is 5.32 Å². The molecule has 0 bridgehead atoms. The highest BCUT2D eigenvalue weighted by atomic mass is 16.4. The third kappa shape index (κ3) is 14.5. The first-order valence-electron chi connectivity index (χ1n) is 14.0. The number of hydrogen-bond donors (Lipinski definition) is 1. The highest BCUT2D eigenvalue weighted by Crippen LogP contribution is 2.15. The molecule has 0 spiro atoms. The lowest BCUT2D eigenvalue weighted by Crippen LogP contribution is -2.57. The van der Waals surface area contributed by atoms with Crippen LogP contribution in [0.15, 0.2) is 0 Å². The number of carbonyl (C=O) groups excluding carboxylic acids is 6. The summed E-state index contributed by atoms with van der Waals surface area (Å²) < 4.78 is 0. The number of hydrogen-bond acceptors (Lipinski definition) is 16. The van der Waals surface area contributed by atoms with E-state index in [1.165, 1.54) is 14.7 Å². The fourth-order valence-electron chi connectivity index (χ4n) is 5.02. The van der Waals surface area contributed by atoms with Gasteiger partial charge in [-0.25, -0.2) is 0 Å². The second-order valence-electron chi connectivity index (χ2n) is 10.2. The van der Waals surface area contributed by atoms with E-state index in [0.717, 1.165) is 0 Å². The first kappa shape index (κ1) is 36.7. The van der Waals surface area contributed by atoms with Gasteiger partial charge in [0.2, 0.25) is 0 Å². The van der Waals surface area contributed by atoms with Gasteiger partial charge in [0.25, 0.3) is 0 Å². The number of aliphatic carboxylic acids is 6. The minimum Gasteiger partial charge on any atom is -0.550 e. The van der Waals surface area contributed by atoms with Gasteiger partial charge < -0.3 is 64.7 Å². The van der Waals surface area contributed by atoms with Crippen molar-refractivity contribution in [3.05, 3.63) is 0 Å². The number of rotatable bonds is 18. The first-order chi connectivity index (χ1) is 19.8. The Balaban J connectivity index is 3.24.